The van der Waals surface area contributed by atoms with Gasteiger partial charge in [0.25, 0.3) is 11.5 Å². The summed E-state index contributed by atoms with van der Waals surface area (Å²) >= 11 is 0. The maximum absolute atomic E-state index is 13.0. The van der Waals surface area contributed by atoms with E-state index in [4.69, 9.17) is 4.74 Å². The van der Waals surface area contributed by atoms with E-state index in [2.05, 4.69) is 15.4 Å². The number of carbonyl (C=O) groups excluding carboxylic acids is 1. The van der Waals surface area contributed by atoms with Gasteiger partial charge in [-0.05, 0) is 56.5 Å². The van der Waals surface area contributed by atoms with Crippen LogP contribution >= 0.6 is 0 Å². The number of nitrogens with one attached hydrogen (secondary N) is 1. The Hall–Kier alpha value is -4.00. The van der Waals surface area contributed by atoms with Gasteiger partial charge in [-0.2, -0.15) is 5.10 Å². The number of aryl methyl sites for hydroxylation is 2. The van der Waals surface area contributed by atoms with Crippen LogP contribution in [0.4, 0.5) is 0 Å². The van der Waals surface area contributed by atoms with E-state index in [0.717, 1.165) is 22.4 Å². The van der Waals surface area contributed by atoms with Gasteiger partial charge in [-0.15, -0.1) is 0 Å². The number of benzene rings is 2. The molecule has 0 radical (unpaired) electrons. The Bertz CT molecular complexity index is 1370. The second-order valence-electron chi connectivity index (χ2n) is 8.30. The van der Waals surface area contributed by atoms with Crippen molar-refractivity contribution in [3.05, 3.63) is 93.5 Å². The van der Waals surface area contributed by atoms with E-state index in [9.17, 15) is 9.59 Å². The fourth-order valence-corrected chi connectivity index (χ4v) is 3.50. The molecule has 0 fully saturated rings. The highest BCUT2D eigenvalue weighted by Crippen LogP contribution is 2.24. The third kappa shape index (κ3) is 4.77. The van der Waals surface area contributed by atoms with E-state index >= 15 is 0 Å². The minimum atomic E-state index is -0.351. The first-order valence-electron chi connectivity index (χ1n) is 10.8. The fourth-order valence-electron chi connectivity index (χ4n) is 3.50. The van der Waals surface area contributed by atoms with Crippen LogP contribution in [0.25, 0.3) is 10.8 Å². The Morgan fingerprint density at radius 1 is 1.06 bits per heavy atom. The van der Waals surface area contributed by atoms with Crippen LogP contribution in [0.15, 0.2) is 65.6 Å². The van der Waals surface area contributed by atoms with Gasteiger partial charge in [0.15, 0.2) is 5.69 Å². The lowest BCUT2D eigenvalue weighted by atomic mass is 10.1. The van der Waals surface area contributed by atoms with Gasteiger partial charge >= 0.3 is 0 Å². The smallest absolute Gasteiger partial charge is 0.274 e. The maximum atomic E-state index is 13.0. The molecule has 1 N–H and O–H groups in total. The van der Waals surface area contributed by atoms with Crippen molar-refractivity contribution in [1.29, 1.82) is 0 Å². The Kier molecular flexibility index (Phi) is 6.22. The first-order chi connectivity index (χ1) is 15.8. The van der Waals surface area contributed by atoms with Crippen LogP contribution in [0.5, 0.6) is 11.6 Å². The molecule has 0 atom stereocenters. The van der Waals surface area contributed by atoms with E-state index in [1.807, 2.05) is 52.0 Å². The molecule has 0 spiro atoms. The van der Waals surface area contributed by atoms with Gasteiger partial charge in [0.2, 0.25) is 5.88 Å². The highest BCUT2D eigenvalue weighted by molar-refractivity contribution is 6.04. The quantitative estimate of drug-likeness (QED) is 0.467. The molecule has 1 amide bonds. The average Bonchev–Trinajstić information content (AvgIpc) is 2.81. The molecule has 168 valence electrons. The SMILES string of the molecule is Cc1ccc(C)c(Oc2ccc(CNC(=O)c3nn(C(C)C)c(=O)c4ccccc34)cn2)c1. The predicted molar refractivity (Wildman–Crippen MR) is 128 cm³/mol. The number of hydrogen-bond acceptors (Lipinski definition) is 5. The van der Waals surface area contributed by atoms with Gasteiger partial charge < -0.3 is 10.1 Å². The van der Waals surface area contributed by atoms with Crippen LogP contribution in [0.2, 0.25) is 0 Å². The molecule has 2 heterocycles. The molecule has 7 heteroatoms. The Morgan fingerprint density at radius 3 is 2.52 bits per heavy atom. The van der Waals surface area contributed by atoms with Crippen LogP contribution in [0.3, 0.4) is 0 Å². The molecular formula is C26H26N4O3. The van der Waals surface area contributed by atoms with Crippen LogP contribution in [0, 0.1) is 13.8 Å². The van der Waals surface area contributed by atoms with E-state index in [-0.39, 0.29) is 29.7 Å². The van der Waals surface area contributed by atoms with E-state index < -0.39 is 0 Å². The molecule has 0 aliphatic carbocycles. The predicted octanol–water partition coefficient (Wildman–Crippen LogP) is 4.71. The molecule has 2 aromatic heterocycles. The molecule has 2 aromatic carbocycles. The van der Waals surface area contributed by atoms with Gasteiger partial charge in [0, 0.05) is 24.2 Å². The Balaban J connectivity index is 1.50. The minimum absolute atomic E-state index is 0.164. The molecular weight excluding hydrogens is 416 g/mol. The Labute approximate surface area is 192 Å². The molecule has 0 saturated carbocycles. The summed E-state index contributed by atoms with van der Waals surface area (Å²) in [7, 11) is 0. The molecule has 4 rings (SSSR count). The number of rotatable bonds is 6. The lowest BCUT2D eigenvalue weighted by Gasteiger charge is -2.13. The van der Waals surface area contributed by atoms with Gasteiger partial charge in [-0.25, -0.2) is 9.67 Å². The maximum Gasteiger partial charge on any atom is 0.274 e. The number of ether oxygens (including phenoxy) is 1. The molecule has 4 aromatic rings. The van der Waals surface area contributed by atoms with Crippen molar-refractivity contribution in [2.24, 2.45) is 0 Å². The summed E-state index contributed by atoms with van der Waals surface area (Å²) in [5.41, 5.74) is 2.97. The normalized spacial score (nSPS) is 11.1. The van der Waals surface area contributed by atoms with E-state index in [0.29, 0.717) is 16.7 Å². The highest BCUT2D eigenvalue weighted by Gasteiger charge is 2.17. The average molecular weight is 443 g/mol. The van der Waals surface area contributed by atoms with E-state index in [1.165, 1.54) is 4.68 Å². The summed E-state index contributed by atoms with van der Waals surface area (Å²) in [6, 6.07) is 16.5. The van der Waals surface area contributed by atoms with Crippen LogP contribution in [-0.4, -0.2) is 20.7 Å². The second-order valence-corrected chi connectivity index (χ2v) is 8.30. The zero-order valence-corrected chi connectivity index (χ0v) is 19.1. The standard InChI is InChI=1S/C26H26N4O3/c1-16(2)30-26(32)21-8-6-5-7-20(21)24(29-30)25(31)28-15-19-11-12-23(27-14-19)33-22-13-17(3)9-10-18(22)4/h5-14,16H,15H2,1-4H3,(H,28,31). The summed E-state index contributed by atoms with van der Waals surface area (Å²) < 4.78 is 7.24. The number of nitrogens with zero attached hydrogens (tertiary/aromatic N) is 3. The third-order valence-electron chi connectivity index (χ3n) is 5.34. The van der Waals surface area contributed by atoms with Crippen molar-refractivity contribution in [2.75, 3.05) is 0 Å². The third-order valence-corrected chi connectivity index (χ3v) is 5.34. The summed E-state index contributed by atoms with van der Waals surface area (Å²) in [6.07, 6.45) is 1.67. The molecule has 0 bridgehead atoms. The van der Waals surface area contributed by atoms with Crippen LogP contribution in [0.1, 0.15) is 47.1 Å². The van der Waals surface area contributed by atoms with Crippen molar-refractivity contribution in [2.45, 2.75) is 40.3 Å². The summed E-state index contributed by atoms with van der Waals surface area (Å²) in [6.45, 7) is 7.98. The zero-order chi connectivity index (χ0) is 23.5. The highest BCUT2D eigenvalue weighted by atomic mass is 16.5. The topological polar surface area (TPSA) is 86.1 Å². The number of aromatic nitrogens is 3. The van der Waals surface area contributed by atoms with Crippen molar-refractivity contribution >= 4 is 16.7 Å². The second kappa shape index (κ2) is 9.24. The molecule has 7 nitrogen and oxygen atoms in total. The van der Waals surface area contributed by atoms with Crippen molar-refractivity contribution < 1.29 is 9.53 Å². The number of carbonyl (C=O) groups is 1. The molecule has 0 unspecified atom stereocenters. The molecule has 33 heavy (non-hydrogen) atoms. The van der Waals surface area contributed by atoms with Gasteiger partial charge in [0.05, 0.1) is 11.4 Å². The largest absolute Gasteiger partial charge is 0.439 e. The first-order valence-corrected chi connectivity index (χ1v) is 10.8. The van der Waals surface area contributed by atoms with Crippen LogP contribution < -0.4 is 15.6 Å². The summed E-state index contributed by atoms with van der Waals surface area (Å²) in [5, 5.41) is 8.23. The monoisotopic (exact) mass is 442 g/mol. The van der Waals surface area contributed by atoms with Gasteiger partial charge in [-0.1, -0.05) is 36.4 Å². The lowest BCUT2D eigenvalue weighted by molar-refractivity contribution is 0.0945. The van der Waals surface area contributed by atoms with Crippen LogP contribution in [-0.2, 0) is 6.54 Å². The lowest BCUT2D eigenvalue weighted by Crippen LogP contribution is -2.31. The molecule has 0 aliphatic rings. The molecule has 0 aliphatic heterocycles. The van der Waals surface area contributed by atoms with Crippen molar-refractivity contribution in [1.82, 2.24) is 20.1 Å². The fraction of sp³-hybridized carbons (Fsp3) is 0.231. The van der Waals surface area contributed by atoms with Crippen molar-refractivity contribution in [3.63, 3.8) is 0 Å². The van der Waals surface area contributed by atoms with Crippen molar-refractivity contribution in [3.8, 4) is 11.6 Å². The number of fused-ring (bicyclic) bond motifs is 1. The zero-order valence-electron chi connectivity index (χ0n) is 19.1. The molecule has 0 saturated heterocycles. The minimum Gasteiger partial charge on any atom is -0.439 e. The summed E-state index contributed by atoms with van der Waals surface area (Å²) in [5.74, 6) is 0.897. The Morgan fingerprint density at radius 2 is 1.82 bits per heavy atom. The first kappa shape index (κ1) is 22.2. The van der Waals surface area contributed by atoms with Gasteiger partial charge in [0.1, 0.15) is 5.75 Å². The van der Waals surface area contributed by atoms with E-state index in [1.54, 1.807) is 36.5 Å². The summed E-state index contributed by atoms with van der Waals surface area (Å²) in [4.78, 5) is 30.0. The van der Waals surface area contributed by atoms with Gasteiger partial charge in [-0.3, -0.25) is 9.59 Å². The number of hydrogen-bond donors (Lipinski definition) is 1. The number of pyridine rings is 1. The number of amides is 1.